The van der Waals surface area contributed by atoms with Crippen molar-refractivity contribution in [2.45, 2.75) is 25.7 Å². The zero-order valence-electron chi connectivity index (χ0n) is 20.1. The molecule has 0 spiro atoms. The molecule has 1 nitrogen and oxygen atoms in total. The minimum atomic E-state index is 0.420. The van der Waals surface area contributed by atoms with Crippen LogP contribution >= 0.6 is 0 Å². The fourth-order valence-electron chi connectivity index (χ4n) is 5.51. The van der Waals surface area contributed by atoms with Crippen LogP contribution in [0.1, 0.15) is 36.8 Å². The van der Waals surface area contributed by atoms with Crippen molar-refractivity contribution in [1.82, 2.24) is 0 Å². The van der Waals surface area contributed by atoms with Crippen LogP contribution in [-0.2, 0) is 0 Å². The molecule has 0 aliphatic carbocycles. The van der Waals surface area contributed by atoms with E-state index < -0.39 is 0 Å². The van der Waals surface area contributed by atoms with Crippen LogP contribution in [0.2, 0.25) is 0 Å². The summed E-state index contributed by atoms with van der Waals surface area (Å²) >= 11 is 0. The largest absolute Gasteiger partial charge is 0.309 e. The first-order valence-electron chi connectivity index (χ1n) is 12.6. The average Bonchev–Trinajstić information content (AvgIpc) is 3.05. The van der Waals surface area contributed by atoms with Crippen LogP contribution in [0.4, 0.5) is 17.1 Å². The van der Waals surface area contributed by atoms with Crippen LogP contribution in [0, 0.1) is 0 Å². The van der Waals surface area contributed by atoms with Crippen molar-refractivity contribution in [3.05, 3.63) is 139 Å². The van der Waals surface area contributed by atoms with E-state index >= 15 is 0 Å². The first-order chi connectivity index (χ1) is 17.3. The van der Waals surface area contributed by atoms with Gasteiger partial charge in [-0.2, -0.15) is 0 Å². The number of para-hydroxylation sites is 2. The lowest BCUT2D eigenvalue weighted by Crippen LogP contribution is -2.11. The number of nitrogens with zero attached hydrogens (tertiary/aromatic N) is 1. The molecule has 0 fully saturated rings. The second kappa shape index (κ2) is 9.27. The van der Waals surface area contributed by atoms with Gasteiger partial charge in [-0.1, -0.05) is 116 Å². The first-order valence-corrected chi connectivity index (χ1v) is 12.6. The van der Waals surface area contributed by atoms with Gasteiger partial charge >= 0.3 is 0 Å². The molecule has 0 saturated heterocycles. The third-order valence-electron chi connectivity index (χ3n) is 7.13. The molecule has 0 N–H and O–H groups in total. The first kappa shape index (κ1) is 21.4. The highest BCUT2D eigenvalue weighted by Crippen LogP contribution is 2.50. The summed E-state index contributed by atoms with van der Waals surface area (Å²) in [6.07, 6.45) is 2.31. The van der Waals surface area contributed by atoms with Gasteiger partial charge in [0.15, 0.2) is 0 Å². The lowest BCUT2D eigenvalue weighted by molar-refractivity contribution is 0.698. The molecule has 170 valence electrons. The summed E-state index contributed by atoms with van der Waals surface area (Å²) < 4.78 is 0. The SMILES string of the molecule is CCCC(c1ccccc1)c1ccc(N2c3ccccc3-c3ccccc3-c3ccccc32)cc1. The topological polar surface area (TPSA) is 3.24 Å². The van der Waals surface area contributed by atoms with E-state index in [2.05, 4.69) is 139 Å². The molecule has 5 aromatic carbocycles. The third-order valence-corrected chi connectivity index (χ3v) is 7.13. The van der Waals surface area contributed by atoms with E-state index in [0.29, 0.717) is 5.92 Å². The van der Waals surface area contributed by atoms with Gasteiger partial charge in [-0.3, -0.25) is 0 Å². The van der Waals surface area contributed by atoms with Gasteiger partial charge in [0.1, 0.15) is 0 Å². The lowest BCUT2D eigenvalue weighted by atomic mass is 9.87. The molecule has 5 aromatic rings. The average molecular weight is 452 g/mol. The fourth-order valence-corrected chi connectivity index (χ4v) is 5.51. The lowest BCUT2D eigenvalue weighted by Gasteiger charge is -2.28. The van der Waals surface area contributed by atoms with Crippen LogP contribution in [0.25, 0.3) is 22.3 Å². The molecule has 35 heavy (non-hydrogen) atoms. The highest BCUT2D eigenvalue weighted by Gasteiger charge is 2.25. The molecule has 6 rings (SSSR count). The van der Waals surface area contributed by atoms with E-state index in [1.807, 2.05) is 0 Å². The predicted octanol–water partition coefficient (Wildman–Crippen LogP) is 9.74. The Balaban J connectivity index is 1.50. The van der Waals surface area contributed by atoms with E-state index in [1.54, 1.807) is 0 Å². The van der Waals surface area contributed by atoms with Crippen LogP contribution in [0.3, 0.4) is 0 Å². The highest BCUT2D eigenvalue weighted by atomic mass is 15.1. The van der Waals surface area contributed by atoms with Crippen LogP contribution < -0.4 is 4.90 Å². The van der Waals surface area contributed by atoms with Gasteiger partial charge in [0, 0.05) is 22.7 Å². The molecule has 1 atom stereocenters. The maximum absolute atomic E-state index is 2.42. The predicted molar refractivity (Wildman–Crippen MR) is 149 cm³/mol. The van der Waals surface area contributed by atoms with Crippen molar-refractivity contribution >= 4 is 17.1 Å². The molecule has 1 heterocycles. The van der Waals surface area contributed by atoms with Gasteiger partial charge in [-0.25, -0.2) is 0 Å². The summed E-state index contributed by atoms with van der Waals surface area (Å²) in [6, 6.07) is 46.5. The number of fused-ring (bicyclic) bond motifs is 5. The Hall–Kier alpha value is -4.10. The molecule has 1 aliphatic rings. The van der Waals surface area contributed by atoms with E-state index in [4.69, 9.17) is 0 Å². The Kier molecular flexibility index (Phi) is 5.68. The van der Waals surface area contributed by atoms with Gasteiger partial charge in [0.2, 0.25) is 0 Å². The van der Waals surface area contributed by atoms with Crippen molar-refractivity contribution in [1.29, 1.82) is 0 Å². The van der Waals surface area contributed by atoms with Gasteiger partial charge in [-0.05, 0) is 52.9 Å². The monoisotopic (exact) mass is 451 g/mol. The summed E-state index contributed by atoms with van der Waals surface area (Å²) in [7, 11) is 0. The summed E-state index contributed by atoms with van der Waals surface area (Å²) in [4.78, 5) is 2.42. The zero-order chi connectivity index (χ0) is 23.6. The molecule has 0 aromatic heterocycles. The van der Waals surface area contributed by atoms with Crippen molar-refractivity contribution in [2.24, 2.45) is 0 Å². The summed E-state index contributed by atoms with van der Waals surface area (Å²) in [5.74, 6) is 0.420. The van der Waals surface area contributed by atoms with Crippen molar-refractivity contribution in [3.8, 4) is 22.3 Å². The van der Waals surface area contributed by atoms with E-state index in [0.717, 1.165) is 12.8 Å². The molecule has 0 amide bonds. The van der Waals surface area contributed by atoms with Crippen molar-refractivity contribution in [2.75, 3.05) is 4.90 Å². The number of anilines is 3. The van der Waals surface area contributed by atoms with E-state index in [-0.39, 0.29) is 0 Å². The Morgan fingerprint density at radius 2 is 0.943 bits per heavy atom. The van der Waals surface area contributed by atoms with E-state index in [1.165, 1.54) is 50.4 Å². The van der Waals surface area contributed by atoms with Crippen molar-refractivity contribution < 1.29 is 0 Å². The minimum absolute atomic E-state index is 0.420. The molecule has 0 radical (unpaired) electrons. The number of benzene rings is 5. The Morgan fingerprint density at radius 1 is 0.486 bits per heavy atom. The third kappa shape index (κ3) is 3.84. The second-order valence-corrected chi connectivity index (χ2v) is 9.26. The van der Waals surface area contributed by atoms with Gasteiger partial charge in [-0.15, -0.1) is 0 Å². The number of hydrogen-bond donors (Lipinski definition) is 0. The van der Waals surface area contributed by atoms with Crippen molar-refractivity contribution in [3.63, 3.8) is 0 Å². The molecule has 1 aliphatic heterocycles. The molecule has 1 heteroatoms. The maximum Gasteiger partial charge on any atom is 0.0540 e. The normalized spacial score (nSPS) is 12.8. The molecule has 1 unspecified atom stereocenters. The molecule has 0 bridgehead atoms. The quantitative estimate of drug-likeness (QED) is 0.252. The zero-order valence-corrected chi connectivity index (χ0v) is 20.1. The van der Waals surface area contributed by atoms with Gasteiger partial charge in [0.05, 0.1) is 11.4 Å². The van der Waals surface area contributed by atoms with E-state index in [9.17, 15) is 0 Å². The summed E-state index contributed by atoms with van der Waals surface area (Å²) in [5, 5.41) is 0. The molecular formula is C34H29N. The Morgan fingerprint density at radius 3 is 1.49 bits per heavy atom. The van der Waals surface area contributed by atoms with Gasteiger partial charge < -0.3 is 4.90 Å². The van der Waals surface area contributed by atoms with Crippen LogP contribution in [0.5, 0.6) is 0 Å². The smallest absolute Gasteiger partial charge is 0.0540 e. The van der Waals surface area contributed by atoms with Crippen LogP contribution in [-0.4, -0.2) is 0 Å². The number of hydrogen-bond acceptors (Lipinski definition) is 1. The number of rotatable bonds is 5. The fraction of sp³-hybridized carbons (Fsp3) is 0.118. The summed E-state index contributed by atoms with van der Waals surface area (Å²) in [6.45, 7) is 2.27. The van der Waals surface area contributed by atoms with Gasteiger partial charge in [0.25, 0.3) is 0 Å². The maximum atomic E-state index is 2.42. The Bertz CT molecular complexity index is 1380. The second-order valence-electron chi connectivity index (χ2n) is 9.26. The Labute approximate surface area is 208 Å². The minimum Gasteiger partial charge on any atom is -0.309 e. The molecule has 0 saturated carbocycles. The summed E-state index contributed by atoms with van der Waals surface area (Å²) in [5.41, 5.74) is 11.5. The highest BCUT2D eigenvalue weighted by molar-refractivity contribution is 6.02. The van der Waals surface area contributed by atoms with Crippen LogP contribution in [0.15, 0.2) is 127 Å². The molecular weight excluding hydrogens is 422 g/mol. The standard InChI is InChI=1S/C34H29N/c1-2-12-28(25-13-4-3-5-14-25)26-21-23-27(24-22-26)35-33-19-10-8-17-31(33)29-15-6-7-16-30(29)32-18-9-11-20-34(32)35/h3-11,13-24,28H,2,12H2,1H3.